The van der Waals surface area contributed by atoms with Gasteiger partial charge in [-0.15, -0.1) is 0 Å². The predicted octanol–water partition coefficient (Wildman–Crippen LogP) is 0.530. The fourth-order valence-corrected chi connectivity index (χ4v) is 0.532. The van der Waals surface area contributed by atoms with Crippen molar-refractivity contribution in [2.45, 2.75) is 0 Å². The number of halogens is 1. The van der Waals surface area contributed by atoms with Gasteiger partial charge in [0.15, 0.2) is 0 Å². The smallest absolute Gasteiger partial charge is 0.377 e. The highest BCUT2D eigenvalue weighted by atomic mass is 79.9. The van der Waals surface area contributed by atoms with Crippen LogP contribution < -0.4 is 0 Å². The van der Waals surface area contributed by atoms with Gasteiger partial charge in [-0.05, 0) is 5.16 Å². The minimum Gasteiger partial charge on any atom is -0.475 e. The third kappa shape index (κ3) is 1.26. The van der Waals surface area contributed by atoms with Gasteiger partial charge in [-0.3, -0.25) is 0 Å². The molecule has 1 rings (SSSR count). The molecule has 0 aliphatic heterocycles. The molecule has 0 atom stereocenters. The Morgan fingerprint density at radius 1 is 1.78 bits per heavy atom. The zero-order chi connectivity index (χ0) is 6.85. The van der Waals surface area contributed by atoms with Gasteiger partial charge in [0.1, 0.15) is 0 Å². The first kappa shape index (κ1) is 6.21. The van der Waals surface area contributed by atoms with Gasteiger partial charge < -0.3 is 9.63 Å². The highest BCUT2D eigenvalue weighted by Crippen LogP contribution is 2.03. The van der Waals surface area contributed by atoms with Crippen LogP contribution in [0.15, 0.2) is 9.32 Å². The van der Waals surface area contributed by atoms with Crippen molar-refractivity contribution in [2.75, 3.05) is 0 Å². The van der Waals surface area contributed by atoms with E-state index in [1.807, 2.05) is 0 Å². The monoisotopic (exact) mass is 192 g/mol. The zero-order valence-electron chi connectivity index (χ0n) is 4.04. The van der Waals surface area contributed by atoms with Crippen LogP contribution in [0.2, 0.25) is 0 Å². The van der Waals surface area contributed by atoms with E-state index in [1.54, 1.807) is 0 Å². The van der Waals surface area contributed by atoms with Crippen LogP contribution >= 0.6 is 15.9 Å². The van der Waals surface area contributed by atoms with Crippen LogP contribution in [0.5, 0.6) is 0 Å². The number of aromatic carboxylic acids is 1. The zero-order valence-corrected chi connectivity index (χ0v) is 5.62. The van der Waals surface area contributed by atoms with E-state index in [2.05, 4.69) is 30.6 Å². The van der Waals surface area contributed by atoms with Crippen molar-refractivity contribution in [1.29, 1.82) is 0 Å². The molecule has 0 bridgehead atoms. The highest BCUT2D eigenvalue weighted by molar-refractivity contribution is 9.10. The van der Waals surface area contributed by atoms with Crippen LogP contribution in [0.1, 0.15) is 10.6 Å². The maximum absolute atomic E-state index is 10.0. The van der Waals surface area contributed by atoms with E-state index in [4.69, 9.17) is 5.11 Å². The summed E-state index contributed by atoms with van der Waals surface area (Å²) in [6.07, 6.45) is 0. The number of rotatable bonds is 1. The lowest BCUT2D eigenvalue weighted by molar-refractivity contribution is 0.0680. The molecular formula is C3HBrN2O3. The SMILES string of the molecule is O=C(O)c1noc(Br)n1. The van der Waals surface area contributed by atoms with Crippen molar-refractivity contribution in [1.82, 2.24) is 10.1 Å². The van der Waals surface area contributed by atoms with E-state index < -0.39 is 5.97 Å². The number of carbonyl (C=O) groups is 1. The van der Waals surface area contributed by atoms with Crippen molar-refractivity contribution in [3.05, 3.63) is 10.6 Å². The number of nitrogens with zero attached hydrogens (tertiary/aromatic N) is 2. The van der Waals surface area contributed by atoms with Crippen LogP contribution in [0.3, 0.4) is 0 Å². The normalized spacial score (nSPS) is 9.44. The summed E-state index contributed by atoms with van der Waals surface area (Å²) in [7, 11) is 0. The first-order valence-corrected chi connectivity index (χ1v) is 2.72. The molecule has 0 spiro atoms. The number of hydrogen-bond donors (Lipinski definition) is 1. The Labute approximate surface area is 57.8 Å². The Bertz CT molecular complexity index is 233. The van der Waals surface area contributed by atoms with Gasteiger partial charge in [0.2, 0.25) is 0 Å². The second-order valence-electron chi connectivity index (χ2n) is 1.18. The molecule has 0 amide bonds. The van der Waals surface area contributed by atoms with Crippen molar-refractivity contribution in [3.63, 3.8) is 0 Å². The maximum Gasteiger partial charge on any atom is 0.377 e. The Hall–Kier alpha value is -0.910. The minimum absolute atomic E-state index is 0.0694. The molecule has 0 fully saturated rings. The topological polar surface area (TPSA) is 76.2 Å². The van der Waals surface area contributed by atoms with Crippen LogP contribution in [0.4, 0.5) is 0 Å². The second-order valence-corrected chi connectivity index (χ2v) is 1.85. The maximum atomic E-state index is 10.0. The summed E-state index contributed by atoms with van der Waals surface area (Å²) >= 11 is 2.80. The second kappa shape index (κ2) is 2.14. The standard InChI is InChI=1S/C3HBrN2O3/c4-3-5-1(2(7)8)6-9-3/h(H,7,8). The number of carboxylic acid groups (broad SMARTS) is 1. The van der Waals surface area contributed by atoms with Crippen molar-refractivity contribution in [2.24, 2.45) is 0 Å². The molecule has 0 aromatic carbocycles. The number of aromatic nitrogens is 2. The molecule has 1 N–H and O–H groups in total. The lowest BCUT2D eigenvalue weighted by Crippen LogP contribution is -1.97. The summed E-state index contributed by atoms with van der Waals surface area (Å²) in [6.45, 7) is 0. The molecule has 0 aliphatic rings. The van der Waals surface area contributed by atoms with Crippen LogP contribution in [-0.4, -0.2) is 21.2 Å². The molecule has 1 aromatic rings. The molecule has 0 unspecified atom stereocenters. The van der Waals surface area contributed by atoms with Gasteiger partial charge in [0.05, 0.1) is 0 Å². The number of hydrogen-bond acceptors (Lipinski definition) is 4. The Balaban J connectivity index is 2.98. The van der Waals surface area contributed by atoms with E-state index in [0.29, 0.717) is 0 Å². The molecule has 48 valence electrons. The third-order valence-electron chi connectivity index (χ3n) is 0.593. The molecule has 1 aromatic heterocycles. The molecule has 0 aliphatic carbocycles. The molecule has 9 heavy (non-hydrogen) atoms. The van der Waals surface area contributed by atoms with Gasteiger partial charge in [-0.25, -0.2) is 4.79 Å². The summed E-state index contributed by atoms with van der Waals surface area (Å²) in [4.78, 5) is 13.4. The van der Waals surface area contributed by atoms with E-state index >= 15 is 0 Å². The Kier molecular flexibility index (Phi) is 1.48. The summed E-state index contributed by atoms with van der Waals surface area (Å²) < 4.78 is 4.30. The van der Waals surface area contributed by atoms with Gasteiger partial charge >= 0.3 is 5.97 Å². The number of carboxylic acids is 1. The summed E-state index contributed by atoms with van der Waals surface area (Å²) in [5, 5.41) is 11.3. The molecule has 1 heterocycles. The molecule has 6 heteroatoms. The predicted molar refractivity (Wildman–Crippen MR) is 29.0 cm³/mol. The quantitative estimate of drug-likeness (QED) is 0.703. The van der Waals surface area contributed by atoms with Crippen molar-refractivity contribution in [3.8, 4) is 0 Å². The lowest BCUT2D eigenvalue weighted by atomic mass is 10.7. The first-order chi connectivity index (χ1) is 4.20. The molecule has 0 saturated carbocycles. The third-order valence-corrected chi connectivity index (χ3v) is 0.915. The van der Waals surface area contributed by atoms with Crippen molar-refractivity contribution < 1.29 is 14.4 Å². The summed E-state index contributed by atoms with van der Waals surface area (Å²) in [5.74, 6) is -1.55. The molecule has 0 radical (unpaired) electrons. The van der Waals surface area contributed by atoms with Gasteiger partial charge in [0, 0.05) is 15.9 Å². The van der Waals surface area contributed by atoms with Crippen LogP contribution in [0.25, 0.3) is 0 Å². The molecular weight excluding hydrogens is 192 g/mol. The minimum atomic E-state index is -1.20. The van der Waals surface area contributed by atoms with E-state index in [0.717, 1.165) is 0 Å². The van der Waals surface area contributed by atoms with Gasteiger partial charge in [0.25, 0.3) is 10.6 Å². The van der Waals surface area contributed by atoms with Crippen molar-refractivity contribution >= 4 is 21.9 Å². The fraction of sp³-hybridized carbons (Fsp3) is 0. The van der Waals surface area contributed by atoms with E-state index in [1.165, 1.54) is 0 Å². The Morgan fingerprint density at radius 2 is 2.44 bits per heavy atom. The fourth-order valence-electron chi connectivity index (χ4n) is 0.292. The van der Waals surface area contributed by atoms with E-state index in [9.17, 15) is 4.79 Å². The van der Waals surface area contributed by atoms with E-state index in [-0.39, 0.29) is 10.6 Å². The molecule has 5 nitrogen and oxygen atoms in total. The van der Waals surface area contributed by atoms with Crippen LogP contribution in [0, 0.1) is 0 Å². The van der Waals surface area contributed by atoms with Gasteiger partial charge in [-0.2, -0.15) is 4.98 Å². The highest BCUT2D eigenvalue weighted by Gasteiger charge is 2.09. The average molecular weight is 193 g/mol. The Morgan fingerprint density at radius 3 is 2.67 bits per heavy atom. The average Bonchev–Trinajstić information content (AvgIpc) is 2.14. The first-order valence-electron chi connectivity index (χ1n) is 1.92. The molecule has 0 saturated heterocycles. The lowest BCUT2D eigenvalue weighted by Gasteiger charge is -1.74. The summed E-state index contributed by atoms with van der Waals surface area (Å²) in [5.41, 5.74) is 0. The largest absolute Gasteiger partial charge is 0.475 e. The van der Waals surface area contributed by atoms with Gasteiger partial charge in [-0.1, -0.05) is 0 Å². The summed E-state index contributed by atoms with van der Waals surface area (Å²) in [6, 6.07) is 0. The van der Waals surface area contributed by atoms with Crippen LogP contribution in [-0.2, 0) is 0 Å².